The molecule has 1 aliphatic carbocycles. The number of likely N-dealkylation sites (tertiary alicyclic amines) is 1. The highest BCUT2D eigenvalue weighted by atomic mass is 16.3. The summed E-state index contributed by atoms with van der Waals surface area (Å²) in [6.07, 6.45) is 6.92. The Morgan fingerprint density at radius 3 is 2.60 bits per heavy atom. The Labute approximate surface area is 119 Å². The molecule has 0 unspecified atom stereocenters. The third-order valence-corrected chi connectivity index (χ3v) is 4.44. The molecule has 1 aromatic rings. The second-order valence-corrected chi connectivity index (χ2v) is 5.78. The fourth-order valence-corrected chi connectivity index (χ4v) is 3.27. The molecule has 106 valence electrons. The zero-order chi connectivity index (χ0) is 13.9. The lowest BCUT2D eigenvalue weighted by Gasteiger charge is -2.28. The van der Waals surface area contributed by atoms with Crippen LogP contribution in [0.4, 0.5) is 0 Å². The van der Waals surface area contributed by atoms with E-state index < -0.39 is 6.10 Å². The summed E-state index contributed by atoms with van der Waals surface area (Å²) in [5.41, 5.74) is 1.18. The van der Waals surface area contributed by atoms with Gasteiger partial charge in [-0.25, -0.2) is 0 Å². The van der Waals surface area contributed by atoms with Crippen molar-refractivity contribution in [2.24, 2.45) is 5.92 Å². The van der Waals surface area contributed by atoms with Crippen LogP contribution in [-0.4, -0.2) is 34.6 Å². The SMILES string of the molecule is O=C(C1CC=CC1)N1CC[C@H](O)[C@@H]1Cc1ccccc1. The van der Waals surface area contributed by atoms with Crippen LogP contribution in [0.5, 0.6) is 0 Å². The van der Waals surface area contributed by atoms with Crippen molar-refractivity contribution in [2.45, 2.75) is 37.8 Å². The van der Waals surface area contributed by atoms with Gasteiger partial charge in [0.25, 0.3) is 0 Å². The summed E-state index contributed by atoms with van der Waals surface area (Å²) in [5, 5.41) is 10.2. The van der Waals surface area contributed by atoms with E-state index in [9.17, 15) is 9.90 Å². The quantitative estimate of drug-likeness (QED) is 0.856. The van der Waals surface area contributed by atoms with E-state index in [1.807, 2.05) is 23.1 Å². The molecule has 0 saturated carbocycles. The summed E-state index contributed by atoms with van der Waals surface area (Å²) in [7, 11) is 0. The molecule has 1 aliphatic heterocycles. The molecule has 3 rings (SSSR count). The van der Waals surface area contributed by atoms with Crippen molar-refractivity contribution < 1.29 is 9.90 Å². The summed E-state index contributed by atoms with van der Waals surface area (Å²) in [4.78, 5) is 14.5. The van der Waals surface area contributed by atoms with E-state index in [-0.39, 0.29) is 17.9 Å². The molecular formula is C17H21NO2. The number of benzene rings is 1. The Kier molecular flexibility index (Phi) is 3.88. The van der Waals surface area contributed by atoms with E-state index >= 15 is 0 Å². The van der Waals surface area contributed by atoms with Gasteiger partial charge in [-0.15, -0.1) is 0 Å². The Balaban J connectivity index is 1.71. The van der Waals surface area contributed by atoms with Gasteiger partial charge in [0, 0.05) is 12.5 Å². The van der Waals surface area contributed by atoms with E-state index in [4.69, 9.17) is 0 Å². The van der Waals surface area contributed by atoms with E-state index in [2.05, 4.69) is 24.3 Å². The lowest BCUT2D eigenvalue weighted by atomic mass is 10.00. The third kappa shape index (κ3) is 2.63. The normalized spacial score (nSPS) is 26.4. The van der Waals surface area contributed by atoms with Gasteiger partial charge >= 0.3 is 0 Å². The monoisotopic (exact) mass is 271 g/mol. The molecule has 0 bridgehead atoms. The highest BCUT2D eigenvalue weighted by Gasteiger charge is 2.38. The number of aliphatic hydroxyl groups excluding tert-OH is 1. The molecule has 2 atom stereocenters. The van der Waals surface area contributed by atoms with Crippen LogP contribution in [-0.2, 0) is 11.2 Å². The van der Waals surface area contributed by atoms with Crippen molar-refractivity contribution in [3.05, 3.63) is 48.0 Å². The molecule has 1 N–H and O–H groups in total. The van der Waals surface area contributed by atoms with Crippen molar-refractivity contribution in [1.29, 1.82) is 0 Å². The minimum atomic E-state index is -0.395. The van der Waals surface area contributed by atoms with Crippen LogP contribution < -0.4 is 0 Å². The maximum atomic E-state index is 12.6. The van der Waals surface area contributed by atoms with Crippen LogP contribution in [0, 0.1) is 5.92 Å². The molecule has 0 spiro atoms. The minimum absolute atomic E-state index is 0.0644. The van der Waals surface area contributed by atoms with Crippen LogP contribution in [0.15, 0.2) is 42.5 Å². The average Bonchev–Trinajstić information content (AvgIpc) is 3.11. The van der Waals surface area contributed by atoms with Gasteiger partial charge < -0.3 is 10.0 Å². The summed E-state index contributed by atoms with van der Waals surface area (Å²) in [5.74, 6) is 0.311. The Morgan fingerprint density at radius 2 is 1.90 bits per heavy atom. The first-order valence-corrected chi connectivity index (χ1v) is 7.43. The topological polar surface area (TPSA) is 40.5 Å². The van der Waals surface area contributed by atoms with Gasteiger partial charge in [0.15, 0.2) is 0 Å². The molecule has 2 aliphatic rings. The van der Waals surface area contributed by atoms with Gasteiger partial charge in [0.05, 0.1) is 12.1 Å². The van der Waals surface area contributed by atoms with Gasteiger partial charge in [-0.1, -0.05) is 42.5 Å². The lowest BCUT2D eigenvalue weighted by Crippen LogP contribution is -2.43. The number of amides is 1. The minimum Gasteiger partial charge on any atom is -0.391 e. The van der Waals surface area contributed by atoms with Crippen molar-refractivity contribution >= 4 is 5.91 Å². The number of nitrogens with zero attached hydrogens (tertiary/aromatic N) is 1. The fourth-order valence-electron chi connectivity index (χ4n) is 3.27. The summed E-state index contributed by atoms with van der Waals surface area (Å²) >= 11 is 0. The second kappa shape index (κ2) is 5.80. The van der Waals surface area contributed by atoms with E-state index in [0.29, 0.717) is 13.0 Å². The number of hydrogen-bond acceptors (Lipinski definition) is 2. The van der Waals surface area contributed by atoms with Crippen LogP contribution in [0.25, 0.3) is 0 Å². The largest absolute Gasteiger partial charge is 0.391 e. The van der Waals surface area contributed by atoms with Gasteiger partial charge in [0.2, 0.25) is 5.91 Å². The average molecular weight is 271 g/mol. The fraction of sp³-hybridized carbons (Fsp3) is 0.471. The van der Waals surface area contributed by atoms with Gasteiger partial charge in [-0.2, -0.15) is 0 Å². The van der Waals surface area contributed by atoms with E-state index in [1.165, 1.54) is 5.56 Å². The van der Waals surface area contributed by atoms with Crippen molar-refractivity contribution in [1.82, 2.24) is 4.90 Å². The van der Waals surface area contributed by atoms with E-state index in [0.717, 1.165) is 19.3 Å². The van der Waals surface area contributed by atoms with Crippen LogP contribution in [0.3, 0.4) is 0 Å². The predicted octanol–water partition coefficient (Wildman–Crippen LogP) is 2.16. The molecule has 3 nitrogen and oxygen atoms in total. The molecule has 20 heavy (non-hydrogen) atoms. The third-order valence-electron chi connectivity index (χ3n) is 4.44. The number of rotatable bonds is 3. The number of aliphatic hydroxyl groups is 1. The molecule has 1 aromatic carbocycles. The first-order chi connectivity index (χ1) is 9.75. The molecule has 0 aromatic heterocycles. The Morgan fingerprint density at radius 1 is 1.20 bits per heavy atom. The maximum Gasteiger partial charge on any atom is 0.226 e. The second-order valence-electron chi connectivity index (χ2n) is 5.78. The summed E-state index contributed by atoms with van der Waals surface area (Å²) in [6.45, 7) is 0.688. The molecule has 1 saturated heterocycles. The standard InChI is InChI=1S/C17H21NO2/c19-16-10-11-18(17(20)14-8-4-5-9-14)15(16)12-13-6-2-1-3-7-13/h1-7,14-16,19H,8-12H2/t15-,16-/m0/s1. The highest BCUT2D eigenvalue weighted by molar-refractivity contribution is 5.80. The van der Waals surface area contributed by atoms with Crippen LogP contribution in [0.1, 0.15) is 24.8 Å². The maximum absolute atomic E-state index is 12.6. The van der Waals surface area contributed by atoms with E-state index in [1.54, 1.807) is 0 Å². The summed E-state index contributed by atoms with van der Waals surface area (Å²) < 4.78 is 0. The number of hydrogen-bond donors (Lipinski definition) is 1. The first kappa shape index (κ1) is 13.4. The first-order valence-electron chi connectivity index (χ1n) is 7.43. The predicted molar refractivity (Wildman–Crippen MR) is 78.1 cm³/mol. The molecule has 1 heterocycles. The molecule has 3 heteroatoms. The molecular weight excluding hydrogens is 250 g/mol. The van der Waals surface area contributed by atoms with Crippen LogP contribution in [0.2, 0.25) is 0 Å². The molecule has 1 amide bonds. The van der Waals surface area contributed by atoms with Gasteiger partial charge in [-0.3, -0.25) is 4.79 Å². The van der Waals surface area contributed by atoms with Crippen LogP contribution >= 0.6 is 0 Å². The van der Waals surface area contributed by atoms with Crippen molar-refractivity contribution in [2.75, 3.05) is 6.54 Å². The van der Waals surface area contributed by atoms with Crippen molar-refractivity contribution in [3.63, 3.8) is 0 Å². The number of carbonyl (C=O) groups excluding carboxylic acids is 1. The number of carbonyl (C=O) groups is 1. The summed E-state index contributed by atoms with van der Waals surface area (Å²) in [6, 6.07) is 10.1. The highest BCUT2D eigenvalue weighted by Crippen LogP contribution is 2.27. The molecule has 1 fully saturated rings. The van der Waals surface area contributed by atoms with Crippen molar-refractivity contribution in [3.8, 4) is 0 Å². The van der Waals surface area contributed by atoms with Gasteiger partial charge in [-0.05, 0) is 31.2 Å². The molecule has 0 radical (unpaired) electrons. The smallest absolute Gasteiger partial charge is 0.226 e. The number of allylic oxidation sites excluding steroid dienone is 2. The van der Waals surface area contributed by atoms with Gasteiger partial charge in [0.1, 0.15) is 0 Å². The zero-order valence-corrected chi connectivity index (χ0v) is 11.6. The zero-order valence-electron chi connectivity index (χ0n) is 11.6. The Hall–Kier alpha value is -1.61. The Bertz CT molecular complexity index is 489. The lowest BCUT2D eigenvalue weighted by molar-refractivity contribution is -0.136.